The number of hydrogen-bond acceptors (Lipinski definition) is 10. The van der Waals surface area contributed by atoms with Crippen LogP contribution in [0.5, 0.6) is 0 Å². The maximum atomic E-state index is 10.6. The smallest absolute Gasteiger partial charge is 0.367 e. The molecule has 0 heterocycles. The standard InChI is InChI=1S/C10H14O12/c1-5(3-7(11)12)9(15,20-16)19-10(21-17,22-18)6(2)4-8(13)14/h15-18H,1-4H2,(H,11,12)(H,13,14). The zero-order valence-corrected chi connectivity index (χ0v) is 11.0. The summed E-state index contributed by atoms with van der Waals surface area (Å²) >= 11 is 0. The van der Waals surface area contributed by atoms with Gasteiger partial charge in [0.05, 0.1) is 12.8 Å². The number of carbonyl (C=O) groups is 2. The number of carboxylic acids is 2. The number of aliphatic hydroxyl groups is 1. The molecule has 0 aliphatic carbocycles. The molecule has 0 bridgehead atoms. The topological polar surface area (TPSA) is 192 Å². The van der Waals surface area contributed by atoms with Crippen LogP contribution < -0.4 is 0 Å². The summed E-state index contributed by atoms with van der Waals surface area (Å²) in [5.41, 5.74) is -1.63. The van der Waals surface area contributed by atoms with Gasteiger partial charge in [0.1, 0.15) is 0 Å². The van der Waals surface area contributed by atoms with E-state index in [0.29, 0.717) is 0 Å². The summed E-state index contributed by atoms with van der Waals surface area (Å²) in [7, 11) is 0. The fraction of sp³-hybridized carbons (Fsp3) is 0.400. The van der Waals surface area contributed by atoms with Gasteiger partial charge in [0.25, 0.3) is 0 Å². The average molecular weight is 326 g/mol. The summed E-state index contributed by atoms with van der Waals surface area (Å²) in [5.74, 6) is -9.62. The van der Waals surface area contributed by atoms with Crippen molar-refractivity contribution >= 4 is 11.9 Å². The lowest BCUT2D eigenvalue weighted by atomic mass is 10.1. The highest BCUT2D eigenvalue weighted by molar-refractivity contribution is 5.70. The van der Waals surface area contributed by atoms with Crippen LogP contribution in [0, 0.1) is 0 Å². The highest BCUT2D eigenvalue weighted by Crippen LogP contribution is 2.33. The van der Waals surface area contributed by atoms with E-state index in [2.05, 4.69) is 32.6 Å². The predicted molar refractivity (Wildman–Crippen MR) is 62.7 cm³/mol. The van der Waals surface area contributed by atoms with E-state index in [1.165, 1.54) is 0 Å². The second-order valence-electron chi connectivity index (χ2n) is 3.86. The van der Waals surface area contributed by atoms with E-state index in [1.807, 2.05) is 0 Å². The Morgan fingerprint density at radius 1 is 0.864 bits per heavy atom. The molecule has 0 amide bonds. The minimum Gasteiger partial charge on any atom is -0.481 e. The van der Waals surface area contributed by atoms with Gasteiger partial charge in [-0.2, -0.15) is 14.7 Å². The molecule has 0 spiro atoms. The molecule has 12 heteroatoms. The first-order chi connectivity index (χ1) is 10.1. The third-order valence-corrected chi connectivity index (χ3v) is 2.25. The molecule has 0 aromatic carbocycles. The molecule has 0 fully saturated rings. The summed E-state index contributed by atoms with van der Waals surface area (Å²) in [6.07, 6.45) is -1.98. The minimum atomic E-state index is -3.36. The molecule has 6 N–H and O–H groups in total. The average Bonchev–Trinajstić information content (AvgIpc) is 2.43. The normalized spacial score (nSPS) is 14.2. The lowest BCUT2D eigenvalue weighted by molar-refractivity contribution is -0.605. The second-order valence-corrected chi connectivity index (χ2v) is 3.86. The van der Waals surface area contributed by atoms with Crippen molar-refractivity contribution in [1.82, 2.24) is 0 Å². The van der Waals surface area contributed by atoms with Gasteiger partial charge in [0, 0.05) is 11.1 Å². The first-order valence-electron chi connectivity index (χ1n) is 5.27. The first-order valence-corrected chi connectivity index (χ1v) is 5.27. The van der Waals surface area contributed by atoms with Gasteiger partial charge in [0.15, 0.2) is 0 Å². The van der Waals surface area contributed by atoms with E-state index in [-0.39, 0.29) is 0 Å². The monoisotopic (exact) mass is 326 g/mol. The van der Waals surface area contributed by atoms with Gasteiger partial charge in [-0.1, -0.05) is 13.2 Å². The van der Waals surface area contributed by atoms with Gasteiger partial charge in [-0.05, 0) is 0 Å². The highest BCUT2D eigenvalue weighted by atomic mass is 17.3. The van der Waals surface area contributed by atoms with E-state index in [1.54, 1.807) is 0 Å². The van der Waals surface area contributed by atoms with Crippen LogP contribution in [0.2, 0.25) is 0 Å². The zero-order chi connectivity index (χ0) is 17.6. The number of hydrogen-bond donors (Lipinski definition) is 6. The van der Waals surface area contributed by atoms with Crippen molar-refractivity contribution in [2.75, 3.05) is 0 Å². The van der Waals surface area contributed by atoms with Crippen molar-refractivity contribution in [3.8, 4) is 0 Å². The van der Waals surface area contributed by atoms with Gasteiger partial charge in [-0.3, -0.25) is 14.3 Å². The fourth-order valence-electron chi connectivity index (χ4n) is 1.18. The lowest BCUT2D eigenvalue weighted by Crippen LogP contribution is -2.51. The van der Waals surface area contributed by atoms with Crippen molar-refractivity contribution in [1.29, 1.82) is 0 Å². The van der Waals surface area contributed by atoms with Crippen molar-refractivity contribution in [2.24, 2.45) is 0 Å². The Morgan fingerprint density at radius 3 is 1.59 bits per heavy atom. The highest BCUT2D eigenvalue weighted by Gasteiger charge is 2.50. The predicted octanol–water partition coefficient (Wildman–Crippen LogP) is -0.166. The molecular weight excluding hydrogens is 312 g/mol. The van der Waals surface area contributed by atoms with Crippen molar-refractivity contribution in [3.63, 3.8) is 0 Å². The molecule has 1 unspecified atom stereocenters. The molecule has 0 aliphatic rings. The summed E-state index contributed by atoms with van der Waals surface area (Å²) in [6, 6.07) is 0. The summed E-state index contributed by atoms with van der Waals surface area (Å²) in [4.78, 5) is 31.8. The summed E-state index contributed by atoms with van der Waals surface area (Å²) in [6.45, 7) is 6.13. The molecular formula is C10H14O12. The quantitative estimate of drug-likeness (QED) is 0.127. The second kappa shape index (κ2) is 7.92. The molecule has 0 radical (unpaired) electrons. The molecule has 0 aromatic heterocycles. The summed E-state index contributed by atoms with van der Waals surface area (Å²) in [5, 5.41) is 53.0. The van der Waals surface area contributed by atoms with Gasteiger partial charge in [-0.25, -0.2) is 15.8 Å². The van der Waals surface area contributed by atoms with E-state index in [9.17, 15) is 14.7 Å². The van der Waals surface area contributed by atoms with Crippen molar-refractivity contribution in [2.45, 2.75) is 24.8 Å². The molecule has 22 heavy (non-hydrogen) atoms. The Morgan fingerprint density at radius 2 is 1.27 bits per heavy atom. The van der Waals surface area contributed by atoms with Gasteiger partial charge < -0.3 is 15.3 Å². The number of carboxylic acid groups (broad SMARTS) is 2. The van der Waals surface area contributed by atoms with Crippen molar-refractivity contribution < 1.29 is 60.1 Å². The van der Waals surface area contributed by atoms with Crippen molar-refractivity contribution in [3.05, 3.63) is 24.3 Å². The van der Waals surface area contributed by atoms with Crippen LogP contribution in [0.4, 0.5) is 0 Å². The molecule has 0 saturated heterocycles. The molecule has 0 aliphatic heterocycles. The minimum absolute atomic E-state index is 0.802. The van der Waals surface area contributed by atoms with Crippen LogP contribution >= 0.6 is 0 Å². The van der Waals surface area contributed by atoms with E-state index >= 15 is 0 Å². The van der Waals surface area contributed by atoms with Gasteiger partial charge >= 0.3 is 23.9 Å². The summed E-state index contributed by atoms with van der Waals surface area (Å²) < 4.78 is 4.41. The van der Waals surface area contributed by atoms with E-state index < -0.39 is 47.9 Å². The molecule has 0 saturated carbocycles. The molecule has 1 atom stereocenters. The SMILES string of the molecule is C=C(CC(=O)O)C(O)(OO)OC(OO)(OO)C(=C)CC(=O)O. The maximum absolute atomic E-state index is 10.6. The van der Waals surface area contributed by atoms with E-state index in [0.717, 1.165) is 0 Å². The van der Waals surface area contributed by atoms with Crippen LogP contribution in [0.1, 0.15) is 12.8 Å². The Labute approximate surface area is 122 Å². The molecule has 0 aromatic rings. The number of aliphatic carboxylic acids is 2. The zero-order valence-electron chi connectivity index (χ0n) is 11.0. The van der Waals surface area contributed by atoms with Crippen LogP contribution in [0.25, 0.3) is 0 Å². The molecule has 0 rings (SSSR count). The van der Waals surface area contributed by atoms with Gasteiger partial charge in [0.2, 0.25) is 0 Å². The number of ether oxygens (including phenoxy) is 1. The third-order valence-electron chi connectivity index (χ3n) is 2.25. The number of rotatable bonds is 11. The maximum Gasteiger partial charge on any atom is 0.367 e. The van der Waals surface area contributed by atoms with Crippen LogP contribution in [0.15, 0.2) is 24.3 Å². The van der Waals surface area contributed by atoms with Gasteiger partial charge in [-0.15, -0.1) is 0 Å². The van der Waals surface area contributed by atoms with Crippen LogP contribution in [-0.4, -0.2) is 55.0 Å². The fourth-order valence-corrected chi connectivity index (χ4v) is 1.18. The Bertz CT molecular complexity index is 453. The first kappa shape index (κ1) is 20.1. The lowest BCUT2D eigenvalue weighted by Gasteiger charge is -2.35. The Kier molecular flexibility index (Phi) is 7.24. The largest absolute Gasteiger partial charge is 0.481 e. The molecule has 12 nitrogen and oxygen atoms in total. The molecule has 126 valence electrons. The van der Waals surface area contributed by atoms with E-state index in [4.69, 9.17) is 26.0 Å². The van der Waals surface area contributed by atoms with Crippen LogP contribution in [-0.2, 0) is 29.0 Å². The Hall–Kier alpha value is -1.90. The third kappa shape index (κ3) is 4.83. The van der Waals surface area contributed by atoms with Crippen LogP contribution in [0.3, 0.4) is 0 Å². The Balaban J connectivity index is 5.51.